The molecule has 0 unspecified atom stereocenters. The van der Waals surface area contributed by atoms with Crippen molar-refractivity contribution in [2.45, 2.75) is 18.8 Å². The molecule has 8 heteroatoms. The molecule has 7 nitrogen and oxygen atoms in total. The van der Waals surface area contributed by atoms with Crippen LogP contribution in [0.5, 0.6) is 5.75 Å². The predicted molar refractivity (Wildman–Crippen MR) is 88.3 cm³/mol. The Labute approximate surface area is 138 Å². The fraction of sp³-hybridized carbons (Fsp3) is 0.400. The number of carbonyl (C=O) groups is 1. The van der Waals surface area contributed by atoms with Crippen LogP contribution in [-0.4, -0.2) is 36.6 Å². The molecule has 122 valence electrons. The standard InChI is InChI=1S/C15H18N4O3S/c1-21-8-9-22-12-6-4-11(5-7-12)16-14(20)17-15-19-18-13(23-15)10-2-3-10/h4-7,10H,2-3,8-9H2,1H3,(H2,16,17,19,20). The van der Waals surface area contributed by atoms with Crippen molar-refractivity contribution in [1.82, 2.24) is 10.2 Å². The van der Waals surface area contributed by atoms with Gasteiger partial charge in [-0.15, -0.1) is 10.2 Å². The van der Waals surface area contributed by atoms with Gasteiger partial charge in [0.15, 0.2) is 0 Å². The van der Waals surface area contributed by atoms with E-state index >= 15 is 0 Å². The van der Waals surface area contributed by atoms with E-state index in [1.807, 2.05) is 0 Å². The molecule has 3 rings (SSSR count). The van der Waals surface area contributed by atoms with Crippen molar-refractivity contribution in [3.8, 4) is 5.75 Å². The summed E-state index contributed by atoms with van der Waals surface area (Å²) in [4.78, 5) is 11.9. The Bertz CT molecular complexity index is 655. The molecule has 1 fully saturated rings. The van der Waals surface area contributed by atoms with Gasteiger partial charge < -0.3 is 14.8 Å². The molecule has 0 aliphatic heterocycles. The highest BCUT2D eigenvalue weighted by Gasteiger charge is 2.27. The summed E-state index contributed by atoms with van der Waals surface area (Å²) in [5, 5.41) is 15.0. The van der Waals surface area contributed by atoms with Crippen LogP contribution in [0.1, 0.15) is 23.8 Å². The number of anilines is 2. The first kappa shape index (κ1) is 15.7. The SMILES string of the molecule is COCCOc1ccc(NC(=O)Nc2nnc(C3CC3)s2)cc1. The fourth-order valence-electron chi connectivity index (χ4n) is 1.92. The van der Waals surface area contributed by atoms with E-state index in [1.165, 1.54) is 24.2 Å². The lowest BCUT2D eigenvalue weighted by molar-refractivity contribution is 0.146. The molecule has 23 heavy (non-hydrogen) atoms. The minimum absolute atomic E-state index is 0.337. The summed E-state index contributed by atoms with van der Waals surface area (Å²) >= 11 is 1.43. The van der Waals surface area contributed by atoms with Gasteiger partial charge in [-0.3, -0.25) is 5.32 Å². The van der Waals surface area contributed by atoms with E-state index in [-0.39, 0.29) is 6.03 Å². The lowest BCUT2D eigenvalue weighted by atomic mass is 10.3. The molecule has 2 amide bonds. The van der Waals surface area contributed by atoms with Crippen LogP contribution in [0.3, 0.4) is 0 Å². The first-order valence-corrected chi connectivity index (χ1v) is 8.19. The maximum atomic E-state index is 11.9. The Balaban J connectivity index is 1.48. The maximum Gasteiger partial charge on any atom is 0.325 e. The highest BCUT2D eigenvalue weighted by atomic mass is 32.1. The number of methoxy groups -OCH3 is 1. The maximum absolute atomic E-state index is 11.9. The van der Waals surface area contributed by atoms with Crippen LogP contribution in [0.25, 0.3) is 0 Å². The van der Waals surface area contributed by atoms with Crippen molar-refractivity contribution in [3.05, 3.63) is 29.3 Å². The van der Waals surface area contributed by atoms with Crippen LogP contribution in [0.4, 0.5) is 15.6 Å². The Morgan fingerprint density at radius 2 is 2.00 bits per heavy atom. The van der Waals surface area contributed by atoms with Crippen molar-refractivity contribution in [1.29, 1.82) is 0 Å². The van der Waals surface area contributed by atoms with Crippen LogP contribution < -0.4 is 15.4 Å². The van der Waals surface area contributed by atoms with Gasteiger partial charge in [0, 0.05) is 18.7 Å². The van der Waals surface area contributed by atoms with Crippen LogP contribution in [0, 0.1) is 0 Å². The van der Waals surface area contributed by atoms with Gasteiger partial charge in [-0.2, -0.15) is 0 Å². The molecule has 0 atom stereocenters. The third kappa shape index (κ3) is 4.64. The van der Waals surface area contributed by atoms with E-state index in [1.54, 1.807) is 31.4 Å². The van der Waals surface area contributed by atoms with E-state index in [0.717, 1.165) is 10.8 Å². The highest BCUT2D eigenvalue weighted by molar-refractivity contribution is 7.15. The van der Waals surface area contributed by atoms with Gasteiger partial charge in [0.25, 0.3) is 0 Å². The Morgan fingerprint density at radius 3 is 2.70 bits per heavy atom. The van der Waals surface area contributed by atoms with Gasteiger partial charge in [-0.05, 0) is 37.1 Å². The monoisotopic (exact) mass is 334 g/mol. The molecule has 2 aromatic rings. The van der Waals surface area contributed by atoms with Crippen molar-refractivity contribution >= 4 is 28.2 Å². The molecule has 1 aliphatic rings. The number of benzene rings is 1. The summed E-state index contributed by atoms with van der Waals surface area (Å²) in [7, 11) is 1.63. The van der Waals surface area contributed by atoms with E-state index in [4.69, 9.17) is 9.47 Å². The highest BCUT2D eigenvalue weighted by Crippen LogP contribution is 2.42. The van der Waals surface area contributed by atoms with Crippen molar-refractivity contribution in [3.63, 3.8) is 0 Å². The van der Waals surface area contributed by atoms with Gasteiger partial charge >= 0.3 is 6.03 Å². The molecule has 1 aliphatic carbocycles. The average Bonchev–Trinajstić information content (AvgIpc) is 3.30. The van der Waals surface area contributed by atoms with E-state index in [0.29, 0.717) is 30.0 Å². The minimum atomic E-state index is -0.337. The van der Waals surface area contributed by atoms with E-state index in [9.17, 15) is 4.79 Å². The summed E-state index contributed by atoms with van der Waals surface area (Å²) in [6.07, 6.45) is 2.33. The lowest BCUT2D eigenvalue weighted by Gasteiger charge is -2.08. The molecular weight excluding hydrogens is 316 g/mol. The van der Waals surface area contributed by atoms with Crippen LogP contribution in [0.15, 0.2) is 24.3 Å². The molecule has 0 radical (unpaired) electrons. The molecule has 1 aromatic carbocycles. The van der Waals surface area contributed by atoms with Gasteiger partial charge in [0.05, 0.1) is 6.61 Å². The topological polar surface area (TPSA) is 85.4 Å². The predicted octanol–water partition coefficient (Wildman–Crippen LogP) is 3.08. The number of rotatable bonds is 7. The fourth-order valence-corrected chi connectivity index (χ4v) is 2.82. The lowest BCUT2D eigenvalue weighted by Crippen LogP contribution is -2.19. The largest absolute Gasteiger partial charge is 0.491 e. The molecule has 0 bridgehead atoms. The Kier molecular flexibility index (Phi) is 5.04. The summed E-state index contributed by atoms with van der Waals surface area (Å²) in [6.45, 7) is 1.03. The number of hydrogen-bond donors (Lipinski definition) is 2. The number of nitrogens with zero attached hydrogens (tertiary/aromatic N) is 2. The van der Waals surface area contributed by atoms with E-state index in [2.05, 4.69) is 20.8 Å². The summed E-state index contributed by atoms with van der Waals surface area (Å²) in [5.41, 5.74) is 0.675. The third-order valence-corrected chi connectivity index (χ3v) is 4.26. The van der Waals surface area contributed by atoms with Crippen LogP contribution in [-0.2, 0) is 4.74 Å². The molecular formula is C15H18N4O3S. The Morgan fingerprint density at radius 1 is 1.22 bits per heavy atom. The second kappa shape index (κ2) is 7.38. The molecule has 1 saturated carbocycles. The average molecular weight is 334 g/mol. The molecule has 2 N–H and O–H groups in total. The Hall–Kier alpha value is -2.19. The number of nitrogens with one attached hydrogen (secondary N) is 2. The number of carbonyl (C=O) groups excluding carboxylic acids is 1. The van der Waals surface area contributed by atoms with Crippen LogP contribution >= 0.6 is 11.3 Å². The molecule has 1 heterocycles. The van der Waals surface area contributed by atoms with Crippen LogP contribution in [0.2, 0.25) is 0 Å². The summed E-state index contributed by atoms with van der Waals surface area (Å²) in [5.74, 6) is 1.27. The minimum Gasteiger partial charge on any atom is -0.491 e. The quantitative estimate of drug-likeness (QED) is 0.760. The second-order valence-electron chi connectivity index (χ2n) is 5.16. The zero-order valence-electron chi connectivity index (χ0n) is 12.7. The van der Waals surface area contributed by atoms with Gasteiger partial charge in [0.1, 0.15) is 17.4 Å². The normalized spacial score (nSPS) is 13.6. The van der Waals surface area contributed by atoms with Gasteiger partial charge in [0.2, 0.25) is 5.13 Å². The molecule has 1 aromatic heterocycles. The number of hydrogen-bond acceptors (Lipinski definition) is 6. The first-order valence-electron chi connectivity index (χ1n) is 7.38. The molecule has 0 spiro atoms. The number of urea groups is 1. The zero-order chi connectivity index (χ0) is 16.1. The summed E-state index contributed by atoms with van der Waals surface area (Å²) in [6, 6.07) is 6.80. The third-order valence-electron chi connectivity index (χ3n) is 3.26. The van der Waals surface area contributed by atoms with E-state index < -0.39 is 0 Å². The molecule has 0 saturated heterocycles. The number of amides is 2. The smallest absolute Gasteiger partial charge is 0.325 e. The van der Waals surface area contributed by atoms with Crippen molar-refractivity contribution in [2.75, 3.05) is 31.0 Å². The zero-order valence-corrected chi connectivity index (χ0v) is 13.6. The number of ether oxygens (including phenoxy) is 2. The van der Waals surface area contributed by atoms with Crippen molar-refractivity contribution in [2.24, 2.45) is 0 Å². The van der Waals surface area contributed by atoms with Gasteiger partial charge in [-0.1, -0.05) is 11.3 Å². The first-order chi connectivity index (χ1) is 11.2. The number of aromatic nitrogens is 2. The second-order valence-corrected chi connectivity index (χ2v) is 6.17. The van der Waals surface area contributed by atoms with Crippen molar-refractivity contribution < 1.29 is 14.3 Å². The summed E-state index contributed by atoms with van der Waals surface area (Å²) < 4.78 is 10.4. The van der Waals surface area contributed by atoms with Gasteiger partial charge in [-0.25, -0.2) is 4.79 Å².